The number of hydrogen-bond donors (Lipinski definition) is 1. The molecule has 27 heavy (non-hydrogen) atoms. The summed E-state index contributed by atoms with van der Waals surface area (Å²) in [5, 5.41) is 2.97. The summed E-state index contributed by atoms with van der Waals surface area (Å²) in [6.07, 6.45) is 2.06. The number of carbonyl (C=O) groups excluding carboxylic acids is 2. The largest absolute Gasteiger partial charge is 0.483 e. The Morgan fingerprint density at radius 1 is 1.19 bits per heavy atom. The van der Waals surface area contributed by atoms with Crippen molar-refractivity contribution in [3.63, 3.8) is 0 Å². The first-order valence-corrected chi connectivity index (χ1v) is 9.44. The fourth-order valence-electron chi connectivity index (χ4n) is 3.88. The number of para-hydroxylation sites is 1. The van der Waals surface area contributed by atoms with Gasteiger partial charge in [0, 0.05) is 6.54 Å². The van der Waals surface area contributed by atoms with E-state index in [0.717, 1.165) is 24.9 Å². The summed E-state index contributed by atoms with van der Waals surface area (Å²) in [7, 11) is 0. The van der Waals surface area contributed by atoms with E-state index in [2.05, 4.69) is 5.32 Å². The Labute approximate surface area is 159 Å². The van der Waals surface area contributed by atoms with Crippen molar-refractivity contribution in [2.75, 3.05) is 19.6 Å². The van der Waals surface area contributed by atoms with Crippen LogP contribution in [0.5, 0.6) is 5.75 Å². The second-order valence-corrected chi connectivity index (χ2v) is 7.55. The van der Waals surface area contributed by atoms with Crippen molar-refractivity contribution in [1.82, 2.24) is 10.2 Å². The predicted octanol–water partition coefficient (Wildman–Crippen LogP) is 2.72. The average Bonchev–Trinajstić information content (AvgIpc) is 2.81. The van der Waals surface area contributed by atoms with Crippen LogP contribution in [0.2, 0.25) is 0 Å². The standard InChI is InChI=1S/C22H24N2O3/c1-16-7-9-17(10-8-16)13-20(25)24-12-4-11-22(15-24)14-23-21(26)18-5-2-3-6-19(18)27-22/h2-3,5-10H,4,11-15H2,1H3,(H,23,26). The lowest BCUT2D eigenvalue weighted by molar-refractivity contribution is -0.136. The third-order valence-electron chi connectivity index (χ3n) is 5.40. The van der Waals surface area contributed by atoms with Gasteiger partial charge in [-0.25, -0.2) is 0 Å². The summed E-state index contributed by atoms with van der Waals surface area (Å²) in [4.78, 5) is 27.1. The quantitative estimate of drug-likeness (QED) is 0.891. The van der Waals surface area contributed by atoms with Crippen LogP contribution in [0, 0.1) is 6.92 Å². The zero-order valence-corrected chi connectivity index (χ0v) is 15.5. The van der Waals surface area contributed by atoms with Gasteiger partial charge in [-0.3, -0.25) is 9.59 Å². The van der Waals surface area contributed by atoms with E-state index in [4.69, 9.17) is 4.74 Å². The normalized spacial score (nSPS) is 21.8. The smallest absolute Gasteiger partial charge is 0.255 e. The van der Waals surface area contributed by atoms with Crippen molar-refractivity contribution in [3.8, 4) is 5.75 Å². The lowest BCUT2D eigenvalue weighted by Gasteiger charge is -2.42. The number of aryl methyl sites for hydroxylation is 1. The van der Waals surface area contributed by atoms with Gasteiger partial charge in [-0.2, -0.15) is 0 Å². The van der Waals surface area contributed by atoms with Gasteiger partial charge in [-0.1, -0.05) is 42.0 Å². The fraction of sp³-hybridized carbons (Fsp3) is 0.364. The van der Waals surface area contributed by atoms with E-state index in [0.29, 0.717) is 30.8 Å². The van der Waals surface area contributed by atoms with Crippen LogP contribution >= 0.6 is 0 Å². The van der Waals surface area contributed by atoms with Crippen LogP contribution in [-0.2, 0) is 11.2 Å². The first kappa shape index (κ1) is 17.6. The van der Waals surface area contributed by atoms with Gasteiger partial charge in [0.2, 0.25) is 5.91 Å². The first-order chi connectivity index (χ1) is 13.0. The maximum absolute atomic E-state index is 12.9. The number of amides is 2. The number of benzene rings is 2. The second kappa shape index (κ2) is 7.06. The van der Waals surface area contributed by atoms with Gasteiger partial charge in [0.1, 0.15) is 11.4 Å². The molecule has 0 radical (unpaired) electrons. The number of hydrogen-bond acceptors (Lipinski definition) is 3. The zero-order valence-electron chi connectivity index (χ0n) is 15.5. The second-order valence-electron chi connectivity index (χ2n) is 7.55. The molecule has 1 fully saturated rings. The molecule has 1 saturated heterocycles. The fourth-order valence-corrected chi connectivity index (χ4v) is 3.88. The summed E-state index contributed by atoms with van der Waals surface area (Å²) in [6, 6.07) is 15.4. The maximum Gasteiger partial charge on any atom is 0.255 e. The third-order valence-corrected chi connectivity index (χ3v) is 5.40. The Bertz CT molecular complexity index is 862. The van der Waals surface area contributed by atoms with Gasteiger partial charge in [0.05, 0.1) is 25.1 Å². The number of fused-ring (bicyclic) bond motifs is 1. The van der Waals surface area contributed by atoms with Gasteiger partial charge >= 0.3 is 0 Å². The molecule has 2 aliphatic heterocycles. The Morgan fingerprint density at radius 2 is 1.96 bits per heavy atom. The Hall–Kier alpha value is -2.82. The third kappa shape index (κ3) is 3.68. The van der Waals surface area contributed by atoms with Crippen molar-refractivity contribution in [2.24, 2.45) is 0 Å². The molecule has 5 nitrogen and oxygen atoms in total. The molecule has 2 amide bonds. The van der Waals surface area contributed by atoms with E-state index in [1.807, 2.05) is 54.3 Å². The van der Waals surface area contributed by atoms with Gasteiger partial charge in [-0.15, -0.1) is 0 Å². The van der Waals surface area contributed by atoms with Gasteiger partial charge in [0.25, 0.3) is 5.91 Å². The molecule has 0 aromatic heterocycles. The summed E-state index contributed by atoms with van der Waals surface area (Å²) >= 11 is 0. The van der Waals surface area contributed by atoms with Crippen LogP contribution < -0.4 is 10.1 Å². The maximum atomic E-state index is 12.9. The molecule has 2 aromatic rings. The monoisotopic (exact) mass is 364 g/mol. The minimum atomic E-state index is -0.566. The molecule has 0 aliphatic carbocycles. The number of likely N-dealkylation sites (tertiary alicyclic amines) is 1. The summed E-state index contributed by atoms with van der Waals surface area (Å²) < 4.78 is 6.32. The number of carbonyl (C=O) groups is 2. The minimum absolute atomic E-state index is 0.102. The Kier molecular flexibility index (Phi) is 4.60. The van der Waals surface area contributed by atoms with Crippen molar-refractivity contribution in [2.45, 2.75) is 31.8 Å². The number of nitrogens with zero attached hydrogens (tertiary/aromatic N) is 1. The van der Waals surface area contributed by atoms with Crippen LogP contribution in [0.3, 0.4) is 0 Å². The average molecular weight is 364 g/mol. The predicted molar refractivity (Wildman–Crippen MR) is 103 cm³/mol. The van der Waals surface area contributed by atoms with Crippen LogP contribution in [0.25, 0.3) is 0 Å². The van der Waals surface area contributed by atoms with Crippen molar-refractivity contribution >= 4 is 11.8 Å². The van der Waals surface area contributed by atoms with Crippen molar-refractivity contribution in [1.29, 1.82) is 0 Å². The minimum Gasteiger partial charge on any atom is -0.483 e. The van der Waals surface area contributed by atoms with Gasteiger partial charge in [-0.05, 0) is 37.5 Å². The van der Waals surface area contributed by atoms with Gasteiger partial charge in [0.15, 0.2) is 0 Å². The summed E-state index contributed by atoms with van der Waals surface area (Å²) in [5.41, 5.74) is 2.19. The van der Waals surface area contributed by atoms with Crippen molar-refractivity contribution < 1.29 is 14.3 Å². The van der Waals surface area contributed by atoms with Crippen LogP contribution in [0.4, 0.5) is 0 Å². The van der Waals surface area contributed by atoms with E-state index >= 15 is 0 Å². The van der Waals surface area contributed by atoms with Crippen LogP contribution in [0.1, 0.15) is 34.3 Å². The molecular formula is C22H24N2O3. The highest BCUT2D eigenvalue weighted by Crippen LogP contribution is 2.32. The molecule has 0 saturated carbocycles. The lowest BCUT2D eigenvalue weighted by atomic mass is 9.91. The van der Waals surface area contributed by atoms with E-state index < -0.39 is 5.60 Å². The van der Waals surface area contributed by atoms with E-state index in [1.54, 1.807) is 6.07 Å². The number of piperidine rings is 1. The molecule has 1 N–H and O–H groups in total. The highest BCUT2D eigenvalue weighted by atomic mass is 16.5. The van der Waals surface area contributed by atoms with Gasteiger partial charge < -0.3 is 15.0 Å². The highest BCUT2D eigenvalue weighted by Gasteiger charge is 2.41. The first-order valence-electron chi connectivity index (χ1n) is 9.44. The Balaban J connectivity index is 1.51. The van der Waals surface area contributed by atoms with Crippen molar-refractivity contribution in [3.05, 3.63) is 65.2 Å². The van der Waals surface area contributed by atoms with E-state index in [1.165, 1.54) is 5.56 Å². The lowest BCUT2D eigenvalue weighted by Crippen LogP contribution is -2.58. The number of ether oxygens (including phenoxy) is 1. The highest BCUT2D eigenvalue weighted by molar-refractivity contribution is 5.97. The van der Waals surface area contributed by atoms with Crippen LogP contribution in [0.15, 0.2) is 48.5 Å². The molecule has 2 aliphatic rings. The number of rotatable bonds is 2. The molecule has 1 atom stereocenters. The molecular weight excluding hydrogens is 340 g/mol. The molecule has 2 heterocycles. The molecule has 2 aromatic carbocycles. The summed E-state index contributed by atoms with van der Waals surface area (Å²) in [5.74, 6) is 0.580. The molecule has 1 unspecified atom stereocenters. The molecule has 1 spiro atoms. The van der Waals surface area contributed by atoms with E-state index in [-0.39, 0.29) is 11.8 Å². The molecule has 4 rings (SSSR count). The molecule has 140 valence electrons. The molecule has 5 heteroatoms. The summed E-state index contributed by atoms with van der Waals surface area (Å²) in [6.45, 7) is 3.67. The Morgan fingerprint density at radius 3 is 2.78 bits per heavy atom. The number of nitrogens with one attached hydrogen (secondary N) is 1. The molecule has 0 bridgehead atoms. The van der Waals surface area contributed by atoms with Crippen LogP contribution in [-0.4, -0.2) is 41.9 Å². The SMILES string of the molecule is Cc1ccc(CC(=O)N2CCCC3(CNC(=O)c4ccccc4O3)C2)cc1. The van der Waals surface area contributed by atoms with E-state index in [9.17, 15) is 9.59 Å². The topological polar surface area (TPSA) is 58.6 Å². The zero-order chi connectivity index (χ0) is 18.9.